The van der Waals surface area contributed by atoms with E-state index in [0.717, 1.165) is 23.7 Å². The molecule has 0 heteroatoms. The molecular formula is C23H40. The molecule has 2 unspecified atom stereocenters. The maximum Gasteiger partial charge on any atom is -0.0162 e. The van der Waals surface area contributed by atoms with Gasteiger partial charge in [-0.2, -0.15) is 0 Å². The van der Waals surface area contributed by atoms with Crippen molar-refractivity contribution < 1.29 is 0 Å². The van der Waals surface area contributed by atoms with Crippen LogP contribution in [0.5, 0.6) is 0 Å². The van der Waals surface area contributed by atoms with Crippen LogP contribution in [0.4, 0.5) is 0 Å². The summed E-state index contributed by atoms with van der Waals surface area (Å²) in [5.41, 5.74) is 1.55. The molecule has 0 aromatic heterocycles. The van der Waals surface area contributed by atoms with Crippen LogP contribution in [0, 0.1) is 17.8 Å². The van der Waals surface area contributed by atoms with Crippen LogP contribution in [-0.4, -0.2) is 0 Å². The van der Waals surface area contributed by atoms with Gasteiger partial charge in [-0.15, -0.1) is 0 Å². The van der Waals surface area contributed by atoms with E-state index in [-0.39, 0.29) is 0 Å². The molecular weight excluding hydrogens is 276 g/mol. The molecule has 0 saturated heterocycles. The van der Waals surface area contributed by atoms with Crippen molar-refractivity contribution in [2.75, 3.05) is 0 Å². The van der Waals surface area contributed by atoms with E-state index in [1.807, 2.05) is 0 Å². The molecule has 23 heavy (non-hydrogen) atoms. The van der Waals surface area contributed by atoms with Gasteiger partial charge in [0.2, 0.25) is 0 Å². The molecule has 0 bridgehead atoms. The van der Waals surface area contributed by atoms with Gasteiger partial charge in [0.1, 0.15) is 0 Å². The number of hydrogen-bond donors (Lipinski definition) is 0. The summed E-state index contributed by atoms with van der Waals surface area (Å²) in [4.78, 5) is 0. The zero-order chi connectivity index (χ0) is 17.1. The summed E-state index contributed by atoms with van der Waals surface area (Å²) in [6.07, 6.45) is 11.2. The lowest BCUT2D eigenvalue weighted by molar-refractivity contribution is 0.348. The molecule has 0 aliphatic heterocycles. The first-order valence-electron chi connectivity index (χ1n) is 10.1. The molecule has 2 rings (SSSR count). The Morgan fingerprint density at radius 3 is 1.74 bits per heavy atom. The second kappa shape index (κ2) is 11.7. The zero-order valence-corrected chi connectivity index (χ0v) is 16.4. The molecule has 1 aromatic rings. The number of rotatable bonds is 6. The number of hydrogen-bond acceptors (Lipinski definition) is 0. The lowest BCUT2D eigenvalue weighted by Crippen LogP contribution is -2.10. The molecule has 1 saturated carbocycles. The Balaban J connectivity index is 0.000000241. The van der Waals surface area contributed by atoms with Crippen molar-refractivity contribution in [2.45, 2.75) is 91.9 Å². The second-order valence-corrected chi connectivity index (χ2v) is 7.97. The molecule has 132 valence electrons. The molecule has 0 nitrogen and oxygen atoms in total. The summed E-state index contributed by atoms with van der Waals surface area (Å²) in [5.74, 6) is 3.68. The third-order valence-corrected chi connectivity index (χ3v) is 5.83. The lowest BCUT2D eigenvalue weighted by atomic mass is 9.79. The summed E-state index contributed by atoms with van der Waals surface area (Å²) in [5, 5.41) is 0. The summed E-state index contributed by atoms with van der Waals surface area (Å²) in [6, 6.07) is 11.0. The highest BCUT2D eigenvalue weighted by Gasteiger charge is 2.18. The van der Waals surface area contributed by atoms with E-state index in [1.54, 1.807) is 5.56 Å². The van der Waals surface area contributed by atoms with Gasteiger partial charge in [0.15, 0.2) is 0 Å². The summed E-state index contributed by atoms with van der Waals surface area (Å²) in [6.45, 7) is 11.6. The van der Waals surface area contributed by atoms with Crippen LogP contribution < -0.4 is 0 Å². The fourth-order valence-corrected chi connectivity index (χ4v) is 3.30. The average molecular weight is 317 g/mol. The molecule has 0 spiro atoms. The van der Waals surface area contributed by atoms with Crippen LogP contribution in [0.2, 0.25) is 0 Å². The minimum Gasteiger partial charge on any atom is -0.0651 e. The fraction of sp³-hybridized carbons (Fsp3) is 0.739. The predicted octanol–water partition coefficient (Wildman–Crippen LogP) is 7.84. The van der Waals surface area contributed by atoms with Crippen LogP contribution in [-0.2, 0) is 0 Å². The maximum absolute atomic E-state index is 2.38. The minimum absolute atomic E-state index is 0.845. The van der Waals surface area contributed by atoms with Crippen molar-refractivity contribution in [1.29, 1.82) is 0 Å². The topological polar surface area (TPSA) is 0 Å². The van der Waals surface area contributed by atoms with E-state index < -0.39 is 0 Å². The van der Waals surface area contributed by atoms with E-state index >= 15 is 0 Å². The first kappa shape index (κ1) is 20.3. The van der Waals surface area contributed by atoms with Crippen molar-refractivity contribution in [3.05, 3.63) is 35.9 Å². The molecule has 0 N–H and O–H groups in total. The highest BCUT2D eigenvalue weighted by Crippen LogP contribution is 2.35. The Labute approximate surface area is 146 Å². The molecule has 1 aliphatic rings. The molecule has 0 heterocycles. The predicted molar refractivity (Wildman–Crippen MR) is 105 cm³/mol. The Morgan fingerprint density at radius 1 is 0.826 bits per heavy atom. The van der Waals surface area contributed by atoms with Gasteiger partial charge in [0, 0.05) is 0 Å². The van der Waals surface area contributed by atoms with Crippen molar-refractivity contribution >= 4 is 0 Å². The van der Waals surface area contributed by atoms with Crippen LogP contribution in [0.15, 0.2) is 30.3 Å². The molecule has 0 amide bonds. The van der Waals surface area contributed by atoms with Gasteiger partial charge in [-0.1, -0.05) is 103 Å². The Kier molecular flexibility index (Phi) is 10.3. The maximum atomic E-state index is 2.38. The van der Waals surface area contributed by atoms with Crippen LogP contribution in [0.25, 0.3) is 0 Å². The second-order valence-electron chi connectivity index (χ2n) is 7.97. The van der Waals surface area contributed by atoms with E-state index in [4.69, 9.17) is 0 Å². The van der Waals surface area contributed by atoms with Crippen molar-refractivity contribution in [2.24, 2.45) is 17.8 Å². The Hall–Kier alpha value is -0.780. The van der Waals surface area contributed by atoms with Crippen LogP contribution in [0.3, 0.4) is 0 Å². The lowest BCUT2D eigenvalue weighted by Gasteiger charge is -2.26. The quantitative estimate of drug-likeness (QED) is 0.501. The Morgan fingerprint density at radius 2 is 1.30 bits per heavy atom. The summed E-state index contributed by atoms with van der Waals surface area (Å²) in [7, 11) is 0. The van der Waals surface area contributed by atoms with Gasteiger partial charge in [-0.25, -0.2) is 0 Å². The smallest absolute Gasteiger partial charge is 0.0162 e. The van der Waals surface area contributed by atoms with E-state index in [2.05, 4.69) is 65.0 Å². The van der Waals surface area contributed by atoms with Crippen LogP contribution in [0.1, 0.15) is 97.5 Å². The van der Waals surface area contributed by atoms with Gasteiger partial charge in [-0.05, 0) is 42.1 Å². The standard InChI is InChI=1S/C13H18.C10H22/c1-11-7-9-13(10-8-11)12-5-3-2-4-6-12;1-5-9(3)7-8-10(4)6-2/h2-6,11,13H,7-10H2,1H3;9-10H,5-8H2,1-4H3. The number of benzene rings is 1. The van der Waals surface area contributed by atoms with Crippen molar-refractivity contribution in [3.8, 4) is 0 Å². The molecule has 1 fully saturated rings. The molecule has 1 aromatic carbocycles. The molecule has 1 aliphatic carbocycles. The van der Waals surface area contributed by atoms with E-state index in [9.17, 15) is 0 Å². The monoisotopic (exact) mass is 316 g/mol. The third kappa shape index (κ3) is 8.58. The third-order valence-electron chi connectivity index (χ3n) is 5.83. The van der Waals surface area contributed by atoms with E-state index in [1.165, 1.54) is 51.4 Å². The van der Waals surface area contributed by atoms with Gasteiger partial charge >= 0.3 is 0 Å². The first-order chi connectivity index (χ1) is 11.1. The zero-order valence-electron chi connectivity index (χ0n) is 16.4. The van der Waals surface area contributed by atoms with Gasteiger partial charge in [0.25, 0.3) is 0 Å². The van der Waals surface area contributed by atoms with Gasteiger partial charge < -0.3 is 0 Å². The summed E-state index contributed by atoms with van der Waals surface area (Å²) >= 11 is 0. The Bertz CT molecular complexity index is 362. The van der Waals surface area contributed by atoms with Gasteiger partial charge in [-0.3, -0.25) is 0 Å². The van der Waals surface area contributed by atoms with Crippen molar-refractivity contribution in [1.82, 2.24) is 0 Å². The largest absolute Gasteiger partial charge is 0.0651 e. The molecule has 2 atom stereocenters. The molecule has 0 radical (unpaired) electrons. The fourth-order valence-electron chi connectivity index (χ4n) is 3.30. The average Bonchev–Trinajstić information content (AvgIpc) is 2.61. The highest BCUT2D eigenvalue weighted by molar-refractivity contribution is 5.19. The normalized spacial score (nSPS) is 23.5. The van der Waals surface area contributed by atoms with E-state index in [0.29, 0.717) is 0 Å². The first-order valence-corrected chi connectivity index (χ1v) is 10.1. The SMILES string of the molecule is CC1CCC(c2ccccc2)CC1.CCC(C)CCC(C)CC. The van der Waals surface area contributed by atoms with Crippen LogP contribution >= 0.6 is 0 Å². The summed E-state index contributed by atoms with van der Waals surface area (Å²) < 4.78 is 0. The van der Waals surface area contributed by atoms with Gasteiger partial charge in [0.05, 0.1) is 0 Å². The highest BCUT2D eigenvalue weighted by atomic mass is 14.2. The minimum atomic E-state index is 0.845. The van der Waals surface area contributed by atoms with Crippen molar-refractivity contribution in [3.63, 3.8) is 0 Å².